The second kappa shape index (κ2) is 5.32. The van der Waals surface area contributed by atoms with Crippen LogP contribution in [-0.4, -0.2) is 53.1 Å². The van der Waals surface area contributed by atoms with Crippen LogP contribution in [0.3, 0.4) is 0 Å². The number of nitrogens with zero attached hydrogens (tertiary/aromatic N) is 7. The number of carbonyl (C=O) groups excluding carboxylic acids is 1. The molecule has 3 aromatic rings. The van der Waals surface area contributed by atoms with Crippen molar-refractivity contribution in [1.29, 1.82) is 0 Å². The molecule has 0 radical (unpaired) electrons. The van der Waals surface area contributed by atoms with Crippen molar-refractivity contribution in [3.8, 4) is 0 Å². The zero-order chi connectivity index (χ0) is 14.8. The molecule has 0 spiro atoms. The lowest BCUT2D eigenvalue weighted by Crippen LogP contribution is -2.14. The number of esters is 1. The number of fused-ring (bicyclic) bond motifs is 1. The van der Waals surface area contributed by atoms with Crippen LogP contribution in [-0.2, 0) is 16.1 Å². The van der Waals surface area contributed by atoms with E-state index in [1.54, 1.807) is 12.1 Å². The maximum atomic E-state index is 11.5. The number of nitrogens with one attached hydrogen (secondary N) is 1. The van der Waals surface area contributed by atoms with E-state index in [9.17, 15) is 9.59 Å². The van der Waals surface area contributed by atoms with Crippen LogP contribution < -0.4 is 5.69 Å². The summed E-state index contributed by atoms with van der Waals surface area (Å²) in [7, 11) is 1.28. The van der Waals surface area contributed by atoms with Gasteiger partial charge in [-0.25, -0.2) is 14.6 Å². The Morgan fingerprint density at radius 3 is 3.14 bits per heavy atom. The Morgan fingerprint density at radius 2 is 2.33 bits per heavy atom. The Hall–Kier alpha value is -2.76. The second-order valence-electron chi connectivity index (χ2n) is 3.77. The molecule has 0 aliphatic heterocycles. The van der Waals surface area contributed by atoms with Crippen LogP contribution >= 0.6 is 11.8 Å². The molecule has 3 rings (SSSR count). The molecule has 0 atom stereocenters. The number of ether oxygens (including phenoxy) is 1. The van der Waals surface area contributed by atoms with Crippen molar-refractivity contribution in [2.24, 2.45) is 0 Å². The summed E-state index contributed by atoms with van der Waals surface area (Å²) >= 11 is 1.11. The lowest BCUT2D eigenvalue weighted by molar-refractivity contribution is -0.141. The fraction of sp³-hybridized carbons (Fsp3) is 0.222. The highest BCUT2D eigenvalue weighted by Crippen LogP contribution is 2.22. The van der Waals surface area contributed by atoms with Crippen LogP contribution in [0, 0.1) is 0 Å². The third-order valence-electron chi connectivity index (χ3n) is 2.45. The predicted molar refractivity (Wildman–Crippen MR) is 67.6 cm³/mol. The van der Waals surface area contributed by atoms with Gasteiger partial charge in [-0.1, -0.05) is 0 Å². The number of H-pyrrole nitrogens is 1. The number of tetrazole rings is 1. The fourth-order valence-corrected chi connectivity index (χ4v) is 2.22. The van der Waals surface area contributed by atoms with Crippen molar-refractivity contribution < 1.29 is 9.53 Å². The molecule has 3 heterocycles. The highest BCUT2D eigenvalue weighted by Gasteiger charge is 2.13. The number of aromatic nitrogens is 8. The number of carbonyl (C=O) groups is 1. The smallest absolute Gasteiger partial charge is 0.364 e. The molecular weight excluding hydrogens is 300 g/mol. The summed E-state index contributed by atoms with van der Waals surface area (Å²) in [6.45, 7) is -0.111. The van der Waals surface area contributed by atoms with Crippen LogP contribution in [0.1, 0.15) is 0 Å². The second-order valence-corrected chi connectivity index (χ2v) is 4.76. The molecule has 0 saturated carbocycles. The molecule has 3 aromatic heterocycles. The van der Waals surface area contributed by atoms with Crippen LogP contribution in [0.2, 0.25) is 0 Å². The van der Waals surface area contributed by atoms with Crippen LogP contribution in [0.25, 0.3) is 5.65 Å². The van der Waals surface area contributed by atoms with Crippen molar-refractivity contribution >= 4 is 23.4 Å². The number of aromatic amines is 1. The van der Waals surface area contributed by atoms with Crippen LogP contribution in [0.15, 0.2) is 27.1 Å². The lowest BCUT2D eigenvalue weighted by Gasteiger charge is -2.02. The molecule has 0 aromatic carbocycles. The SMILES string of the molecule is COC(=O)Cn1nnnc1Sc1ccc2n[nH]c(=O)n2n1. The first-order valence-electron chi connectivity index (χ1n) is 5.62. The third-order valence-corrected chi connectivity index (χ3v) is 3.35. The monoisotopic (exact) mass is 308 g/mol. The number of methoxy groups -OCH3 is 1. The molecule has 0 saturated heterocycles. The van der Waals surface area contributed by atoms with E-state index in [0.29, 0.717) is 15.8 Å². The summed E-state index contributed by atoms with van der Waals surface area (Å²) in [6.07, 6.45) is 0. The molecule has 1 N–H and O–H groups in total. The maximum Gasteiger partial charge on any atom is 0.364 e. The molecule has 11 nitrogen and oxygen atoms in total. The van der Waals surface area contributed by atoms with Gasteiger partial charge in [0.15, 0.2) is 5.65 Å². The van der Waals surface area contributed by atoms with Gasteiger partial charge in [0.05, 0.1) is 7.11 Å². The molecule has 12 heteroatoms. The van der Waals surface area contributed by atoms with Crippen molar-refractivity contribution in [3.63, 3.8) is 0 Å². The zero-order valence-corrected chi connectivity index (χ0v) is 11.4. The molecule has 0 aliphatic carbocycles. The van der Waals surface area contributed by atoms with Crippen molar-refractivity contribution in [2.45, 2.75) is 16.7 Å². The molecular formula is C9H8N8O3S. The Bertz CT molecular complexity index is 852. The van der Waals surface area contributed by atoms with E-state index in [1.807, 2.05) is 0 Å². The van der Waals surface area contributed by atoms with E-state index in [1.165, 1.54) is 11.8 Å². The molecule has 0 amide bonds. The van der Waals surface area contributed by atoms with Gasteiger partial charge >= 0.3 is 11.7 Å². The van der Waals surface area contributed by atoms with E-state index >= 15 is 0 Å². The summed E-state index contributed by atoms with van der Waals surface area (Å²) < 4.78 is 6.95. The van der Waals surface area contributed by atoms with Crippen molar-refractivity contribution in [3.05, 3.63) is 22.6 Å². The largest absolute Gasteiger partial charge is 0.468 e. The van der Waals surface area contributed by atoms with Gasteiger partial charge in [-0.3, -0.25) is 4.79 Å². The van der Waals surface area contributed by atoms with Crippen molar-refractivity contribution in [1.82, 2.24) is 40.0 Å². The molecule has 0 fully saturated rings. The topological polar surface area (TPSA) is 133 Å². The normalized spacial score (nSPS) is 10.9. The van der Waals surface area contributed by atoms with E-state index in [2.05, 4.69) is 35.6 Å². The first kappa shape index (κ1) is 13.2. The van der Waals surface area contributed by atoms with Gasteiger partial charge in [0.25, 0.3) is 0 Å². The summed E-state index contributed by atoms with van der Waals surface area (Å²) in [5, 5.41) is 22.0. The summed E-state index contributed by atoms with van der Waals surface area (Å²) in [4.78, 5) is 22.7. The summed E-state index contributed by atoms with van der Waals surface area (Å²) in [5.41, 5.74) is -0.0416. The summed E-state index contributed by atoms with van der Waals surface area (Å²) in [5.74, 6) is -0.474. The van der Waals surface area contributed by atoms with E-state index < -0.39 is 11.7 Å². The van der Waals surface area contributed by atoms with Crippen molar-refractivity contribution in [2.75, 3.05) is 7.11 Å². The van der Waals surface area contributed by atoms with E-state index in [-0.39, 0.29) is 6.54 Å². The van der Waals surface area contributed by atoms with E-state index in [4.69, 9.17) is 0 Å². The van der Waals surface area contributed by atoms with Gasteiger partial charge in [0.1, 0.15) is 11.6 Å². The van der Waals surface area contributed by atoms with Crippen LogP contribution in [0.4, 0.5) is 0 Å². The van der Waals surface area contributed by atoms with Gasteiger partial charge < -0.3 is 4.74 Å². The summed E-state index contributed by atoms with van der Waals surface area (Å²) in [6, 6.07) is 3.29. The van der Waals surface area contributed by atoms with Crippen LogP contribution in [0.5, 0.6) is 0 Å². The third kappa shape index (κ3) is 2.60. The van der Waals surface area contributed by atoms with Gasteiger partial charge in [0, 0.05) is 0 Å². The molecule has 0 aliphatic rings. The molecule has 21 heavy (non-hydrogen) atoms. The zero-order valence-electron chi connectivity index (χ0n) is 10.6. The highest BCUT2D eigenvalue weighted by atomic mass is 32.2. The minimum absolute atomic E-state index is 0.111. The minimum atomic E-state index is -0.474. The molecule has 0 bridgehead atoms. The predicted octanol–water partition coefficient (Wildman–Crippen LogP) is -1.27. The lowest BCUT2D eigenvalue weighted by atomic mass is 10.6. The fourth-order valence-electron chi connectivity index (χ4n) is 1.49. The maximum absolute atomic E-state index is 11.5. The Labute approximate surface area is 120 Å². The Morgan fingerprint density at radius 1 is 1.48 bits per heavy atom. The number of hydrogen-bond donors (Lipinski definition) is 1. The standard InChI is InChI=1S/C9H8N8O3S/c1-20-7(18)4-16-9(12-14-15-16)21-6-3-2-5-10-11-8(19)17(5)13-6/h2-3H,4H2,1H3,(H,11,19). The average Bonchev–Trinajstić information content (AvgIpc) is 3.07. The highest BCUT2D eigenvalue weighted by molar-refractivity contribution is 7.99. The Kier molecular flexibility index (Phi) is 3.35. The van der Waals surface area contributed by atoms with Gasteiger partial charge in [-0.2, -0.15) is 14.7 Å². The quantitative estimate of drug-likeness (QED) is 0.585. The first-order valence-corrected chi connectivity index (χ1v) is 6.44. The van der Waals surface area contributed by atoms with E-state index in [0.717, 1.165) is 16.3 Å². The Balaban J connectivity index is 1.88. The number of rotatable bonds is 4. The van der Waals surface area contributed by atoms with Gasteiger partial charge in [-0.15, -0.1) is 5.10 Å². The minimum Gasteiger partial charge on any atom is -0.468 e. The molecule has 108 valence electrons. The average molecular weight is 308 g/mol. The van der Waals surface area contributed by atoms with Gasteiger partial charge in [-0.05, 0) is 34.3 Å². The molecule has 0 unspecified atom stereocenters. The van der Waals surface area contributed by atoms with Gasteiger partial charge in [0.2, 0.25) is 5.16 Å². The first-order chi connectivity index (χ1) is 10.2. The number of hydrogen-bond acceptors (Lipinski definition) is 9.